The molecule has 2 heterocycles. The van der Waals surface area contributed by atoms with Gasteiger partial charge in [0.25, 0.3) is 0 Å². The molecule has 3 heteroatoms. The summed E-state index contributed by atoms with van der Waals surface area (Å²) in [6, 6.07) is 77.6. The first-order chi connectivity index (χ1) is 28.8. The molecule has 2 nitrogen and oxygen atoms in total. The van der Waals surface area contributed by atoms with E-state index in [1.54, 1.807) is 0 Å². The Morgan fingerprint density at radius 3 is 1.88 bits per heavy atom. The maximum atomic E-state index is 6.37. The molecule has 0 fully saturated rings. The zero-order valence-corrected chi connectivity index (χ0v) is 32.3. The van der Waals surface area contributed by atoms with Crippen LogP contribution in [0.15, 0.2) is 217 Å². The van der Waals surface area contributed by atoms with E-state index in [1.807, 2.05) is 17.4 Å². The SMILES string of the molecule is c1ccc(C2(c3ccccc3)c3ccccc3-c3c(N(c4cccc(-c5cccc6c5sc5ccccc56)c4)c4ccc5oc6ccccc6c5c4)cccc32)cc1. The van der Waals surface area contributed by atoms with E-state index in [0.29, 0.717) is 0 Å². The number of hydrogen-bond donors (Lipinski definition) is 0. The first-order valence-corrected chi connectivity index (χ1v) is 20.7. The van der Waals surface area contributed by atoms with Gasteiger partial charge in [0.1, 0.15) is 11.2 Å². The van der Waals surface area contributed by atoms with Crippen molar-refractivity contribution in [1.29, 1.82) is 0 Å². The number of thiophene rings is 1. The highest BCUT2D eigenvalue weighted by Gasteiger charge is 2.47. The third kappa shape index (κ3) is 4.78. The Balaban J connectivity index is 1.15. The maximum absolute atomic E-state index is 6.37. The molecule has 0 N–H and O–H groups in total. The lowest BCUT2D eigenvalue weighted by Gasteiger charge is -2.34. The van der Waals surface area contributed by atoms with E-state index in [-0.39, 0.29) is 0 Å². The summed E-state index contributed by atoms with van der Waals surface area (Å²) in [7, 11) is 0. The molecule has 0 bridgehead atoms. The zero-order chi connectivity index (χ0) is 38.2. The molecule has 9 aromatic carbocycles. The van der Waals surface area contributed by atoms with Crippen LogP contribution in [0.2, 0.25) is 0 Å². The van der Waals surface area contributed by atoms with Crippen LogP contribution in [0, 0.1) is 0 Å². The van der Waals surface area contributed by atoms with Gasteiger partial charge in [0.05, 0.1) is 11.1 Å². The van der Waals surface area contributed by atoms with Gasteiger partial charge in [0.2, 0.25) is 0 Å². The number of rotatable bonds is 6. The standard InChI is InChI=1S/C55H35NOS/c1-3-17-37(18-4-1)55(38-19-5-2-6-20-38)47-27-10-7-24-45(47)53-48(55)28-15-29-49(53)56(40-32-33-51-46(35-40)42-22-8-11-30-50(42)57-51)39-21-13-16-36(34-39)41-25-14-26-44-43-23-9-12-31-52(43)58-54(41)44/h1-35H. The fraction of sp³-hybridized carbons (Fsp3) is 0.0182. The second-order valence-corrected chi connectivity index (χ2v) is 16.2. The van der Waals surface area contributed by atoms with Crippen molar-refractivity contribution in [3.8, 4) is 22.3 Å². The van der Waals surface area contributed by atoms with E-state index in [9.17, 15) is 0 Å². The van der Waals surface area contributed by atoms with Gasteiger partial charge < -0.3 is 9.32 Å². The third-order valence-corrected chi connectivity index (χ3v) is 13.4. The largest absolute Gasteiger partial charge is 0.456 e. The van der Waals surface area contributed by atoms with E-state index in [1.165, 1.54) is 64.7 Å². The van der Waals surface area contributed by atoms with Crippen LogP contribution in [0.5, 0.6) is 0 Å². The van der Waals surface area contributed by atoms with E-state index in [2.05, 4.69) is 211 Å². The van der Waals surface area contributed by atoms with Gasteiger partial charge in [-0.25, -0.2) is 0 Å². The Bertz CT molecular complexity index is 3320. The molecule has 58 heavy (non-hydrogen) atoms. The Morgan fingerprint density at radius 2 is 1.03 bits per heavy atom. The Morgan fingerprint density at radius 1 is 0.414 bits per heavy atom. The van der Waals surface area contributed by atoms with Crippen LogP contribution in [0.1, 0.15) is 22.3 Å². The molecule has 12 rings (SSSR count). The first-order valence-electron chi connectivity index (χ1n) is 19.8. The minimum Gasteiger partial charge on any atom is -0.456 e. The Labute approximate surface area is 340 Å². The normalized spacial score (nSPS) is 13.0. The lowest BCUT2D eigenvalue weighted by molar-refractivity contribution is 0.669. The lowest BCUT2D eigenvalue weighted by atomic mass is 9.68. The van der Waals surface area contributed by atoms with E-state index >= 15 is 0 Å². The second kappa shape index (κ2) is 12.9. The van der Waals surface area contributed by atoms with Crippen molar-refractivity contribution in [3.05, 3.63) is 235 Å². The highest BCUT2D eigenvalue weighted by atomic mass is 32.1. The Hall–Kier alpha value is -7.20. The van der Waals surface area contributed by atoms with Crippen molar-refractivity contribution in [3.63, 3.8) is 0 Å². The first kappa shape index (κ1) is 33.0. The summed E-state index contributed by atoms with van der Waals surface area (Å²) in [5, 5.41) is 4.82. The molecule has 2 aromatic heterocycles. The fourth-order valence-corrected chi connectivity index (χ4v) is 11.0. The summed E-state index contributed by atoms with van der Waals surface area (Å²) in [5.41, 5.74) is 14.5. The van der Waals surface area contributed by atoms with Crippen molar-refractivity contribution in [2.75, 3.05) is 4.90 Å². The number of nitrogens with zero attached hydrogens (tertiary/aromatic N) is 1. The average Bonchev–Trinajstić information content (AvgIpc) is 3.96. The van der Waals surface area contributed by atoms with Gasteiger partial charge in [-0.1, -0.05) is 164 Å². The number of anilines is 3. The molecule has 0 saturated heterocycles. The molecular weight excluding hydrogens is 723 g/mol. The van der Waals surface area contributed by atoms with Crippen molar-refractivity contribution in [2.45, 2.75) is 5.41 Å². The molecule has 0 atom stereocenters. The van der Waals surface area contributed by atoms with Crippen molar-refractivity contribution < 1.29 is 4.42 Å². The summed E-state index contributed by atoms with van der Waals surface area (Å²) in [6.45, 7) is 0. The lowest BCUT2D eigenvalue weighted by Crippen LogP contribution is -2.28. The number of benzene rings is 9. The number of hydrogen-bond acceptors (Lipinski definition) is 3. The predicted molar refractivity (Wildman–Crippen MR) is 244 cm³/mol. The summed E-state index contributed by atoms with van der Waals surface area (Å²) in [6.07, 6.45) is 0. The molecule has 0 radical (unpaired) electrons. The molecular formula is C55H35NOS. The smallest absolute Gasteiger partial charge is 0.135 e. The van der Waals surface area contributed by atoms with Gasteiger partial charge in [-0.3, -0.25) is 0 Å². The van der Waals surface area contributed by atoms with Crippen LogP contribution in [-0.4, -0.2) is 0 Å². The van der Waals surface area contributed by atoms with Gasteiger partial charge >= 0.3 is 0 Å². The van der Waals surface area contributed by atoms with Gasteiger partial charge in [0.15, 0.2) is 0 Å². The van der Waals surface area contributed by atoms with Gasteiger partial charge in [-0.2, -0.15) is 0 Å². The minimum absolute atomic E-state index is 0.514. The fourth-order valence-electron chi connectivity index (χ4n) is 9.73. The maximum Gasteiger partial charge on any atom is 0.135 e. The van der Waals surface area contributed by atoms with Gasteiger partial charge in [-0.15, -0.1) is 11.3 Å². The molecule has 272 valence electrons. The summed E-state index contributed by atoms with van der Waals surface area (Å²) >= 11 is 1.87. The minimum atomic E-state index is -0.514. The Kier molecular flexibility index (Phi) is 7.35. The summed E-state index contributed by atoms with van der Waals surface area (Å²) in [4.78, 5) is 2.47. The van der Waals surface area contributed by atoms with Gasteiger partial charge in [0, 0.05) is 47.9 Å². The van der Waals surface area contributed by atoms with Crippen LogP contribution >= 0.6 is 11.3 Å². The van der Waals surface area contributed by atoms with Crippen molar-refractivity contribution in [2.24, 2.45) is 0 Å². The van der Waals surface area contributed by atoms with E-state index in [0.717, 1.165) is 39.0 Å². The third-order valence-electron chi connectivity index (χ3n) is 12.1. The van der Waals surface area contributed by atoms with Crippen molar-refractivity contribution >= 4 is 70.5 Å². The predicted octanol–water partition coefficient (Wildman–Crippen LogP) is 15.5. The molecule has 0 spiro atoms. The van der Waals surface area contributed by atoms with E-state index < -0.39 is 5.41 Å². The van der Waals surface area contributed by atoms with Crippen LogP contribution in [0.4, 0.5) is 17.1 Å². The molecule has 1 aliphatic carbocycles. The molecule has 0 unspecified atom stereocenters. The number of fused-ring (bicyclic) bond motifs is 9. The quantitative estimate of drug-likeness (QED) is 0.168. The molecule has 0 aliphatic heterocycles. The monoisotopic (exact) mass is 757 g/mol. The van der Waals surface area contributed by atoms with Crippen LogP contribution < -0.4 is 4.90 Å². The van der Waals surface area contributed by atoms with Crippen LogP contribution in [0.3, 0.4) is 0 Å². The second-order valence-electron chi connectivity index (χ2n) is 15.2. The van der Waals surface area contributed by atoms with Crippen molar-refractivity contribution in [1.82, 2.24) is 0 Å². The summed E-state index contributed by atoms with van der Waals surface area (Å²) in [5.74, 6) is 0. The zero-order valence-electron chi connectivity index (χ0n) is 31.5. The number of para-hydroxylation sites is 1. The molecule has 11 aromatic rings. The van der Waals surface area contributed by atoms with Crippen LogP contribution in [0.25, 0.3) is 64.4 Å². The number of furan rings is 1. The summed E-state index contributed by atoms with van der Waals surface area (Å²) < 4.78 is 8.99. The average molecular weight is 758 g/mol. The molecule has 0 amide bonds. The topological polar surface area (TPSA) is 16.4 Å². The van der Waals surface area contributed by atoms with Crippen LogP contribution in [-0.2, 0) is 5.41 Å². The van der Waals surface area contributed by atoms with E-state index in [4.69, 9.17) is 4.42 Å². The highest BCUT2D eigenvalue weighted by molar-refractivity contribution is 7.26. The molecule has 0 saturated carbocycles. The van der Waals surface area contributed by atoms with Gasteiger partial charge in [-0.05, 0) is 87.5 Å². The molecule has 1 aliphatic rings. The highest BCUT2D eigenvalue weighted by Crippen LogP contribution is 2.59.